The Bertz CT molecular complexity index is 776. The van der Waals surface area contributed by atoms with Crippen LogP contribution in [0.15, 0.2) is 48.5 Å². The summed E-state index contributed by atoms with van der Waals surface area (Å²) in [5.41, 5.74) is 2.81. The second-order valence-electron chi connectivity index (χ2n) is 8.64. The van der Waals surface area contributed by atoms with Crippen molar-refractivity contribution in [2.24, 2.45) is 0 Å². The molecule has 1 aliphatic rings. The molecule has 1 aliphatic carbocycles. The summed E-state index contributed by atoms with van der Waals surface area (Å²) < 4.78 is 11.5. The maximum absolute atomic E-state index is 5.92. The van der Waals surface area contributed by atoms with Gasteiger partial charge in [-0.05, 0) is 56.4 Å². The third-order valence-electron chi connectivity index (χ3n) is 6.86. The number of rotatable bonds is 8. The largest absolute Gasteiger partial charge is 0.493 e. The topological polar surface area (TPSA) is 30.5 Å². The van der Waals surface area contributed by atoms with E-state index in [9.17, 15) is 0 Å². The monoisotopic (exact) mass is 409 g/mol. The molecule has 3 nitrogen and oxygen atoms in total. The molecule has 0 spiro atoms. The molecule has 3 heteroatoms. The first-order chi connectivity index (χ1) is 14.6. The molecule has 1 fully saturated rings. The molecule has 0 aliphatic heterocycles. The van der Waals surface area contributed by atoms with Gasteiger partial charge in [0.15, 0.2) is 11.5 Å². The quantitative estimate of drug-likeness (QED) is 0.507. The Morgan fingerprint density at radius 3 is 2.47 bits per heavy atom. The van der Waals surface area contributed by atoms with Gasteiger partial charge in [-0.3, -0.25) is 0 Å². The lowest BCUT2D eigenvalue weighted by Crippen LogP contribution is -2.51. The lowest BCUT2D eigenvalue weighted by molar-refractivity contribution is 0.187. The lowest BCUT2D eigenvalue weighted by Gasteiger charge is -2.45. The Labute approximate surface area is 183 Å². The van der Waals surface area contributed by atoms with Crippen molar-refractivity contribution in [2.45, 2.75) is 83.2 Å². The van der Waals surface area contributed by atoms with Crippen LogP contribution in [0.1, 0.15) is 88.8 Å². The van der Waals surface area contributed by atoms with Gasteiger partial charge in [0.2, 0.25) is 0 Å². The molecule has 1 unspecified atom stereocenters. The summed E-state index contributed by atoms with van der Waals surface area (Å²) >= 11 is 0. The maximum atomic E-state index is 5.92. The van der Waals surface area contributed by atoms with E-state index in [1.54, 1.807) is 7.11 Å². The van der Waals surface area contributed by atoms with E-state index in [-0.39, 0.29) is 5.54 Å². The first-order valence-electron chi connectivity index (χ1n) is 11.8. The summed E-state index contributed by atoms with van der Waals surface area (Å²) in [6.45, 7) is 7.34. The minimum absolute atomic E-state index is 0.0771. The SMILES string of the molecule is CCOc1cc([C@H]2CCCCCC[C@@]2(CC)NC(C)c2ccccc2)ccc1OC. The molecule has 1 N–H and O–H groups in total. The molecular weight excluding hydrogens is 370 g/mol. The van der Waals surface area contributed by atoms with E-state index in [2.05, 4.69) is 67.7 Å². The molecule has 0 saturated heterocycles. The highest BCUT2D eigenvalue weighted by molar-refractivity contribution is 5.45. The van der Waals surface area contributed by atoms with Crippen molar-refractivity contribution in [3.05, 3.63) is 59.7 Å². The van der Waals surface area contributed by atoms with Crippen LogP contribution in [0, 0.1) is 0 Å². The number of hydrogen-bond donors (Lipinski definition) is 1. The van der Waals surface area contributed by atoms with Gasteiger partial charge < -0.3 is 14.8 Å². The minimum atomic E-state index is 0.0771. The molecule has 1 saturated carbocycles. The van der Waals surface area contributed by atoms with Gasteiger partial charge >= 0.3 is 0 Å². The maximum Gasteiger partial charge on any atom is 0.161 e. The highest BCUT2D eigenvalue weighted by Crippen LogP contribution is 2.44. The van der Waals surface area contributed by atoms with Crippen LogP contribution in [0.5, 0.6) is 11.5 Å². The summed E-state index contributed by atoms with van der Waals surface area (Å²) in [7, 11) is 1.72. The van der Waals surface area contributed by atoms with Gasteiger partial charge in [-0.2, -0.15) is 0 Å². The molecule has 2 aromatic rings. The number of hydrogen-bond acceptors (Lipinski definition) is 3. The second kappa shape index (κ2) is 10.9. The van der Waals surface area contributed by atoms with Crippen LogP contribution in [-0.2, 0) is 0 Å². The third-order valence-corrected chi connectivity index (χ3v) is 6.86. The van der Waals surface area contributed by atoms with E-state index >= 15 is 0 Å². The third kappa shape index (κ3) is 5.18. The first-order valence-corrected chi connectivity index (χ1v) is 11.8. The van der Waals surface area contributed by atoms with Gasteiger partial charge in [0.1, 0.15) is 0 Å². The normalized spacial score (nSPS) is 23.3. The molecular formula is C27H39NO2. The van der Waals surface area contributed by atoms with Crippen LogP contribution in [0.25, 0.3) is 0 Å². The van der Waals surface area contributed by atoms with Crippen molar-refractivity contribution in [3.8, 4) is 11.5 Å². The summed E-state index contributed by atoms with van der Waals surface area (Å²) in [6, 6.07) is 17.7. The van der Waals surface area contributed by atoms with Gasteiger partial charge in [-0.15, -0.1) is 0 Å². The zero-order chi connectivity index (χ0) is 21.4. The predicted molar refractivity (Wildman–Crippen MR) is 126 cm³/mol. The van der Waals surface area contributed by atoms with Crippen molar-refractivity contribution in [1.82, 2.24) is 5.32 Å². The van der Waals surface area contributed by atoms with Crippen LogP contribution < -0.4 is 14.8 Å². The van der Waals surface area contributed by atoms with Crippen LogP contribution in [-0.4, -0.2) is 19.3 Å². The molecule has 0 aromatic heterocycles. The smallest absolute Gasteiger partial charge is 0.161 e. The van der Waals surface area contributed by atoms with Crippen molar-refractivity contribution in [2.75, 3.05) is 13.7 Å². The Balaban J connectivity index is 1.98. The second-order valence-corrected chi connectivity index (χ2v) is 8.64. The first kappa shape index (κ1) is 22.7. The van der Waals surface area contributed by atoms with Crippen molar-refractivity contribution < 1.29 is 9.47 Å². The van der Waals surface area contributed by atoms with Crippen LogP contribution >= 0.6 is 0 Å². The molecule has 0 radical (unpaired) electrons. The van der Waals surface area contributed by atoms with E-state index in [1.165, 1.54) is 49.7 Å². The number of nitrogens with one attached hydrogen (secondary N) is 1. The standard InChI is InChI=1S/C27H39NO2/c1-5-27(28-21(3)22-14-10-9-11-15-22)19-13-8-7-12-16-24(27)23-17-18-25(29-4)26(20-23)30-6-2/h9-11,14-15,17-18,20-21,24,28H,5-8,12-13,16,19H2,1-4H3/t21?,24-,27-/m1/s1. The summed E-state index contributed by atoms with van der Waals surface area (Å²) in [5.74, 6) is 2.14. The van der Waals surface area contributed by atoms with Gasteiger partial charge in [-0.1, -0.05) is 69.0 Å². The Kier molecular flexibility index (Phi) is 8.21. The zero-order valence-electron chi connectivity index (χ0n) is 19.2. The lowest BCUT2D eigenvalue weighted by atomic mass is 9.69. The molecule has 0 bridgehead atoms. The minimum Gasteiger partial charge on any atom is -0.493 e. The molecule has 3 atom stereocenters. The van der Waals surface area contributed by atoms with Gasteiger partial charge in [0.25, 0.3) is 0 Å². The van der Waals surface area contributed by atoms with Gasteiger partial charge in [0.05, 0.1) is 13.7 Å². The highest BCUT2D eigenvalue weighted by atomic mass is 16.5. The fourth-order valence-electron chi connectivity index (χ4n) is 5.21. The number of methoxy groups -OCH3 is 1. The average molecular weight is 410 g/mol. The van der Waals surface area contributed by atoms with E-state index < -0.39 is 0 Å². The molecule has 2 aromatic carbocycles. The van der Waals surface area contributed by atoms with Crippen LogP contribution in [0.2, 0.25) is 0 Å². The fraction of sp³-hybridized carbons (Fsp3) is 0.556. The van der Waals surface area contributed by atoms with E-state index in [0.717, 1.165) is 17.9 Å². The summed E-state index contributed by atoms with van der Waals surface area (Å²) in [6.07, 6.45) is 8.77. The number of benzene rings is 2. The van der Waals surface area contributed by atoms with Gasteiger partial charge in [0, 0.05) is 17.5 Å². The molecule has 30 heavy (non-hydrogen) atoms. The summed E-state index contributed by atoms with van der Waals surface area (Å²) in [5, 5.41) is 4.12. The zero-order valence-corrected chi connectivity index (χ0v) is 19.2. The van der Waals surface area contributed by atoms with Crippen molar-refractivity contribution in [3.63, 3.8) is 0 Å². The van der Waals surface area contributed by atoms with E-state index in [0.29, 0.717) is 18.6 Å². The molecule has 0 amide bonds. The van der Waals surface area contributed by atoms with E-state index in [1.807, 2.05) is 6.92 Å². The Hall–Kier alpha value is -2.00. The Morgan fingerprint density at radius 2 is 1.77 bits per heavy atom. The van der Waals surface area contributed by atoms with Crippen molar-refractivity contribution >= 4 is 0 Å². The number of ether oxygens (including phenoxy) is 2. The fourth-order valence-corrected chi connectivity index (χ4v) is 5.21. The summed E-state index contributed by atoms with van der Waals surface area (Å²) in [4.78, 5) is 0. The molecule has 164 valence electrons. The van der Waals surface area contributed by atoms with Crippen molar-refractivity contribution in [1.29, 1.82) is 0 Å². The Morgan fingerprint density at radius 1 is 1.00 bits per heavy atom. The van der Waals surface area contributed by atoms with Gasteiger partial charge in [-0.25, -0.2) is 0 Å². The van der Waals surface area contributed by atoms with Crippen LogP contribution in [0.3, 0.4) is 0 Å². The van der Waals surface area contributed by atoms with Crippen LogP contribution in [0.4, 0.5) is 0 Å². The average Bonchev–Trinajstić information content (AvgIpc) is 2.77. The van der Waals surface area contributed by atoms with E-state index in [4.69, 9.17) is 9.47 Å². The predicted octanol–water partition coefficient (Wildman–Crippen LogP) is 7.03. The highest BCUT2D eigenvalue weighted by Gasteiger charge is 2.39. The molecule has 3 rings (SSSR count). The molecule has 0 heterocycles.